The number of benzene rings is 2. The molecule has 0 saturated carbocycles. The van der Waals surface area contributed by atoms with Crippen molar-refractivity contribution in [2.45, 2.75) is 25.9 Å². The van der Waals surface area contributed by atoms with Gasteiger partial charge in [-0.2, -0.15) is 0 Å². The van der Waals surface area contributed by atoms with E-state index in [1.54, 1.807) is 18.2 Å². The third-order valence-electron chi connectivity index (χ3n) is 5.88. The van der Waals surface area contributed by atoms with Crippen molar-refractivity contribution in [3.8, 4) is 17.2 Å². The molecule has 3 aliphatic heterocycles. The number of para-hydroxylation sites is 1. The molecule has 0 bridgehead atoms. The fraction of sp³-hybridized carbons (Fsp3) is 0.348. The Labute approximate surface area is 181 Å². The first-order chi connectivity index (χ1) is 14.9. The highest BCUT2D eigenvalue weighted by Gasteiger charge is 2.38. The maximum absolute atomic E-state index is 13.0. The Kier molecular flexibility index (Phi) is 4.98. The van der Waals surface area contributed by atoms with Gasteiger partial charge in [-0.3, -0.25) is 9.69 Å². The Morgan fingerprint density at radius 2 is 2.06 bits per heavy atom. The number of hydrogen-bond acceptors (Lipinski definition) is 7. The summed E-state index contributed by atoms with van der Waals surface area (Å²) in [5, 5.41) is 0. The molecule has 3 heterocycles. The Bertz CT molecular complexity index is 1190. The smallest absolute Gasteiger partial charge is 0.231 e. The quantitative estimate of drug-likeness (QED) is 0.675. The molecule has 0 aliphatic carbocycles. The molecule has 0 aromatic heterocycles. The van der Waals surface area contributed by atoms with Crippen LogP contribution in [-0.4, -0.2) is 50.0 Å². The third-order valence-corrected chi connectivity index (χ3v) is 7.63. The molecular weight excluding hydrogens is 418 g/mol. The van der Waals surface area contributed by atoms with E-state index < -0.39 is 9.84 Å². The summed E-state index contributed by atoms with van der Waals surface area (Å²) in [6, 6.07) is 10.9. The minimum atomic E-state index is -3.00. The van der Waals surface area contributed by atoms with E-state index in [0.717, 1.165) is 11.1 Å². The largest absolute Gasteiger partial charge is 0.493 e. The van der Waals surface area contributed by atoms with Gasteiger partial charge in [-0.1, -0.05) is 18.2 Å². The number of carbonyl (C=O) groups excluding carboxylic acids is 1. The molecule has 0 spiro atoms. The minimum absolute atomic E-state index is 0.0841. The van der Waals surface area contributed by atoms with E-state index in [2.05, 4.69) is 0 Å². The van der Waals surface area contributed by atoms with Crippen LogP contribution in [0.4, 0.5) is 0 Å². The van der Waals surface area contributed by atoms with Gasteiger partial charge in [-0.15, -0.1) is 0 Å². The van der Waals surface area contributed by atoms with Crippen LogP contribution in [0.15, 0.2) is 42.2 Å². The Morgan fingerprint density at radius 1 is 1.23 bits per heavy atom. The summed E-state index contributed by atoms with van der Waals surface area (Å²) in [4.78, 5) is 15.0. The number of ether oxygens (including phenoxy) is 3. The number of hydrogen-bond donors (Lipinski definition) is 0. The van der Waals surface area contributed by atoms with Crippen LogP contribution in [0, 0.1) is 0 Å². The minimum Gasteiger partial charge on any atom is -0.493 e. The van der Waals surface area contributed by atoms with Gasteiger partial charge in [0.2, 0.25) is 5.78 Å². The lowest BCUT2D eigenvalue weighted by molar-refractivity contribution is 0.0634. The second-order valence-corrected chi connectivity index (χ2v) is 10.1. The molecule has 31 heavy (non-hydrogen) atoms. The zero-order chi connectivity index (χ0) is 21.6. The predicted octanol–water partition coefficient (Wildman–Crippen LogP) is 3.04. The first-order valence-electron chi connectivity index (χ1n) is 10.3. The van der Waals surface area contributed by atoms with Gasteiger partial charge in [-0.05, 0) is 37.6 Å². The van der Waals surface area contributed by atoms with E-state index in [1.165, 1.54) is 0 Å². The zero-order valence-electron chi connectivity index (χ0n) is 17.2. The molecule has 162 valence electrons. The van der Waals surface area contributed by atoms with Gasteiger partial charge in [0.1, 0.15) is 24.0 Å². The summed E-state index contributed by atoms with van der Waals surface area (Å²) in [5.41, 5.74) is 2.04. The highest BCUT2D eigenvalue weighted by Crippen LogP contribution is 2.43. The molecule has 2 aromatic rings. The van der Waals surface area contributed by atoms with Gasteiger partial charge in [0.15, 0.2) is 15.6 Å². The van der Waals surface area contributed by atoms with Crippen LogP contribution in [0.3, 0.4) is 0 Å². The molecule has 7 nitrogen and oxygen atoms in total. The Balaban J connectivity index is 1.45. The van der Waals surface area contributed by atoms with Gasteiger partial charge in [0.05, 0.1) is 29.2 Å². The van der Waals surface area contributed by atoms with E-state index in [0.29, 0.717) is 49.1 Å². The van der Waals surface area contributed by atoms with E-state index in [9.17, 15) is 13.2 Å². The fourth-order valence-electron chi connectivity index (χ4n) is 4.30. The lowest BCUT2D eigenvalue weighted by Crippen LogP contribution is -2.41. The highest BCUT2D eigenvalue weighted by atomic mass is 32.2. The molecule has 1 fully saturated rings. The molecule has 0 N–H and O–H groups in total. The van der Waals surface area contributed by atoms with Crippen molar-refractivity contribution in [1.29, 1.82) is 0 Å². The third kappa shape index (κ3) is 3.70. The molecule has 0 amide bonds. The van der Waals surface area contributed by atoms with E-state index in [4.69, 9.17) is 14.2 Å². The number of Topliss-reactive ketones (excluding diaryl/α,β-unsaturated/α-hetero) is 1. The van der Waals surface area contributed by atoms with Crippen molar-refractivity contribution in [3.05, 3.63) is 58.8 Å². The normalized spacial score (nSPS) is 23.2. The average molecular weight is 442 g/mol. The van der Waals surface area contributed by atoms with E-state index in [1.807, 2.05) is 36.1 Å². The monoisotopic (exact) mass is 441 g/mol. The van der Waals surface area contributed by atoms with Crippen molar-refractivity contribution in [3.63, 3.8) is 0 Å². The first kappa shape index (κ1) is 20.1. The summed E-state index contributed by atoms with van der Waals surface area (Å²) in [5.74, 6) is 2.23. The molecule has 5 rings (SSSR count). The summed E-state index contributed by atoms with van der Waals surface area (Å²) in [7, 11) is -3.00. The predicted molar refractivity (Wildman–Crippen MR) is 115 cm³/mol. The number of rotatable bonds is 4. The van der Waals surface area contributed by atoms with Gasteiger partial charge in [0, 0.05) is 18.2 Å². The lowest BCUT2D eigenvalue weighted by Gasteiger charge is -2.33. The second-order valence-electron chi connectivity index (χ2n) is 7.91. The lowest BCUT2D eigenvalue weighted by atomic mass is 10.0. The maximum atomic E-state index is 13.0. The molecule has 1 unspecified atom stereocenters. The number of carbonyl (C=O) groups is 1. The van der Waals surface area contributed by atoms with Crippen molar-refractivity contribution in [1.82, 2.24) is 4.90 Å². The van der Waals surface area contributed by atoms with Crippen LogP contribution >= 0.6 is 0 Å². The van der Waals surface area contributed by atoms with Crippen molar-refractivity contribution >= 4 is 21.7 Å². The van der Waals surface area contributed by atoms with Crippen LogP contribution in [0.2, 0.25) is 0 Å². The number of nitrogens with zero attached hydrogens (tertiary/aromatic N) is 1. The summed E-state index contributed by atoms with van der Waals surface area (Å²) >= 11 is 0. The van der Waals surface area contributed by atoms with Gasteiger partial charge in [-0.25, -0.2) is 8.42 Å². The van der Waals surface area contributed by atoms with Crippen LogP contribution in [0.25, 0.3) is 6.08 Å². The van der Waals surface area contributed by atoms with E-state index in [-0.39, 0.29) is 29.1 Å². The van der Waals surface area contributed by atoms with Gasteiger partial charge in [0.25, 0.3) is 0 Å². The Hall–Kier alpha value is -2.84. The van der Waals surface area contributed by atoms with Crippen molar-refractivity contribution in [2.75, 3.05) is 24.8 Å². The molecule has 1 atom stereocenters. The highest BCUT2D eigenvalue weighted by molar-refractivity contribution is 7.91. The summed E-state index contributed by atoms with van der Waals surface area (Å²) in [6.45, 7) is 3.23. The van der Waals surface area contributed by atoms with Crippen molar-refractivity contribution in [2.24, 2.45) is 0 Å². The van der Waals surface area contributed by atoms with Gasteiger partial charge < -0.3 is 14.2 Å². The molecule has 2 aromatic carbocycles. The van der Waals surface area contributed by atoms with E-state index >= 15 is 0 Å². The van der Waals surface area contributed by atoms with Crippen LogP contribution < -0.4 is 14.2 Å². The molecular formula is C23H23NO6S. The van der Waals surface area contributed by atoms with Crippen molar-refractivity contribution < 1.29 is 27.4 Å². The zero-order valence-corrected chi connectivity index (χ0v) is 18.0. The topological polar surface area (TPSA) is 82.1 Å². The summed E-state index contributed by atoms with van der Waals surface area (Å²) < 4.78 is 41.4. The number of sulfone groups is 1. The number of ketones is 1. The molecule has 1 saturated heterocycles. The second kappa shape index (κ2) is 7.69. The SMILES string of the molecule is CCOc1ccccc1/C=C1/Oc2c(ccc3c2CN(C2CCS(=O)(=O)C2)CO3)C1=O. The summed E-state index contributed by atoms with van der Waals surface area (Å²) in [6.07, 6.45) is 2.29. The van der Waals surface area contributed by atoms with Crippen LogP contribution in [0.1, 0.15) is 34.8 Å². The Morgan fingerprint density at radius 3 is 2.84 bits per heavy atom. The van der Waals surface area contributed by atoms with Crippen LogP contribution in [0.5, 0.6) is 17.2 Å². The molecule has 3 aliphatic rings. The maximum Gasteiger partial charge on any atom is 0.231 e. The van der Waals surface area contributed by atoms with Crippen LogP contribution in [-0.2, 0) is 16.4 Å². The number of allylic oxidation sites excluding steroid dienone is 1. The first-order valence-corrected chi connectivity index (χ1v) is 12.2. The molecule has 0 radical (unpaired) electrons. The average Bonchev–Trinajstić information content (AvgIpc) is 3.28. The van der Waals surface area contributed by atoms with Gasteiger partial charge >= 0.3 is 0 Å². The standard InChI is InChI=1S/C23H23NO6S/c1-2-28-19-6-4-3-5-15(19)11-21-22(25)17-7-8-20-18(23(17)30-21)12-24(14-29-20)16-9-10-31(26,27)13-16/h3-8,11,16H,2,9-10,12-14H2,1H3/b21-11+. The molecule has 8 heteroatoms. The fourth-order valence-corrected chi connectivity index (χ4v) is 6.06. The number of fused-ring (bicyclic) bond motifs is 3.